The normalized spacial score (nSPS) is 13.2. The molecule has 0 aliphatic carbocycles. The van der Waals surface area contributed by atoms with E-state index in [9.17, 15) is 18.0 Å². The molecule has 2 nitrogen and oxygen atoms in total. The summed E-state index contributed by atoms with van der Waals surface area (Å²) >= 11 is 11.3. The van der Waals surface area contributed by atoms with Gasteiger partial charge in [-0.2, -0.15) is 13.2 Å². The Kier molecular flexibility index (Phi) is 4.87. The second-order valence-electron chi connectivity index (χ2n) is 3.54. The maximum atomic E-state index is 12.5. The van der Waals surface area contributed by atoms with E-state index in [4.69, 9.17) is 23.2 Å². The Morgan fingerprint density at radius 3 is 2.50 bits per heavy atom. The van der Waals surface area contributed by atoms with Crippen molar-refractivity contribution in [1.29, 1.82) is 0 Å². The largest absolute Gasteiger partial charge is 0.468 e. The van der Waals surface area contributed by atoms with Gasteiger partial charge < -0.3 is 4.74 Å². The maximum absolute atomic E-state index is 12.5. The van der Waals surface area contributed by atoms with Gasteiger partial charge in [0.1, 0.15) is 5.38 Å². The maximum Gasteiger partial charge on any atom is 0.416 e. The van der Waals surface area contributed by atoms with E-state index in [1.165, 1.54) is 6.07 Å². The lowest BCUT2D eigenvalue weighted by atomic mass is 10.1. The van der Waals surface area contributed by atoms with Crippen molar-refractivity contribution in [2.75, 3.05) is 7.11 Å². The van der Waals surface area contributed by atoms with Crippen molar-refractivity contribution < 1.29 is 22.7 Å². The third-order valence-corrected chi connectivity index (χ3v) is 2.71. The van der Waals surface area contributed by atoms with Gasteiger partial charge in [-0.3, -0.25) is 4.79 Å². The molecule has 1 unspecified atom stereocenters. The fraction of sp³-hybridized carbons (Fsp3) is 0.364. The second kappa shape index (κ2) is 5.80. The van der Waals surface area contributed by atoms with Crippen molar-refractivity contribution in [1.82, 2.24) is 0 Å². The van der Waals surface area contributed by atoms with Gasteiger partial charge in [-0.25, -0.2) is 0 Å². The first-order chi connectivity index (χ1) is 8.24. The second-order valence-corrected chi connectivity index (χ2v) is 4.50. The van der Waals surface area contributed by atoms with Gasteiger partial charge in [0.05, 0.1) is 12.7 Å². The highest BCUT2D eigenvalue weighted by Crippen LogP contribution is 2.32. The predicted molar refractivity (Wildman–Crippen MR) is 61.8 cm³/mol. The summed E-state index contributed by atoms with van der Waals surface area (Å²) in [4.78, 5) is 11.1. The van der Waals surface area contributed by atoms with E-state index < -0.39 is 23.1 Å². The Morgan fingerprint density at radius 1 is 1.39 bits per heavy atom. The summed E-state index contributed by atoms with van der Waals surface area (Å²) in [6.45, 7) is 0. The molecule has 1 rings (SSSR count). The number of benzene rings is 1. The molecule has 1 atom stereocenters. The topological polar surface area (TPSA) is 26.3 Å². The Labute approximate surface area is 112 Å². The quantitative estimate of drug-likeness (QED) is 0.629. The standard InChI is InChI=1S/C11H9Cl2F3O2/c1-18-10(17)9(13)4-6-2-7(11(14,15)16)5-8(12)3-6/h2-3,5,9H,4H2,1H3. The van der Waals surface area contributed by atoms with Crippen LogP contribution >= 0.6 is 23.2 Å². The average Bonchev–Trinajstić information content (AvgIpc) is 2.25. The molecule has 7 heteroatoms. The summed E-state index contributed by atoms with van der Waals surface area (Å²) in [6.07, 6.45) is -4.58. The molecule has 100 valence electrons. The summed E-state index contributed by atoms with van der Waals surface area (Å²) in [5, 5.41) is -1.11. The van der Waals surface area contributed by atoms with Crippen LogP contribution in [-0.2, 0) is 22.1 Å². The molecule has 0 saturated carbocycles. The molecule has 0 radical (unpaired) electrons. The first kappa shape index (κ1) is 15.1. The molecule has 0 aromatic heterocycles. The first-order valence-corrected chi connectivity index (χ1v) is 5.64. The van der Waals surface area contributed by atoms with Crippen molar-refractivity contribution >= 4 is 29.2 Å². The van der Waals surface area contributed by atoms with E-state index in [0.29, 0.717) is 0 Å². The minimum atomic E-state index is -4.49. The summed E-state index contributed by atoms with van der Waals surface area (Å²) in [6, 6.07) is 3.05. The average molecular weight is 301 g/mol. The SMILES string of the molecule is COC(=O)C(Cl)Cc1cc(Cl)cc(C(F)(F)F)c1. The van der Waals surface area contributed by atoms with Gasteiger partial charge in [-0.15, -0.1) is 11.6 Å². The number of carbonyl (C=O) groups is 1. The summed E-state index contributed by atoms with van der Waals surface area (Å²) in [7, 11) is 1.15. The number of carbonyl (C=O) groups excluding carboxylic acids is 1. The van der Waals surface area contributed by atoms with Gasteiger partial charge in [0.2, 0.25) is 0 Å². The van der Waals surface area contributed by atoms with Gasteiger partial charge >= 0.3 is 12.1 Å². The van der Waals surface area contributed by atoms with Crippen molar-refractivity contribution in [2.24, 2.45) is 0 Å². The number of hydrogen-bond donors (Lipinski definition) is 0. The van der Waals surface area contributed by atoms with E-state index >= 15 is 0 Å². The molecule has 0 N–H and O–H groups in total. The minimum absolute atomic E-state index is 0.0615. The van der Waals surface area contributed by atoms with E-state index in [0.717, 1.165) is 19.2 Å². The Balaban J connectivity index is 2.97. The van der Waals surface area contributed by atoms with Gasteiger partial charge in [0.25, 0.3) is 0 Å². The van der Waals surface area contributed by atoms with E-state index in [1.54, 1.807) is 0 Å². The number of methoxy groups -OCH3 is 1. The Morgan fingerprint density at radius 2 is 2.00 bits per heavy atom. The van der Waals surface area contributed by atoms with Crippen LogP contribution in [0.25, 0.3) is 0 Å². The molecule has 0 fully saturated rings. The lowest BCUT2D eigenvalue weighted by molar-refractivity contribution is -0.140. The van der Waals surface area contributed by atoms with E-state index in [-0.39, 0.29) is 17.0 Å². The highest BCUT2D eigenvalue weighted by Gasteiger charge is 2.31. The van der Waals surface area contributed by atoms with Crippen molar-refractivity contribution in [2.45, 2.75) is 18.0 Å². The predicted octanol–water partition coefficient (Wildman–Crippen LogP) is 3.68. The third-order valence-electron chi connectivity index (χ3n) is 2.16. The van der Waals surface area contributed by atoms with Gasteiger partial charge in [-0.05, 0) is 30.2 Å². The highest BCUT2D eigenvalue weighted by atomic mass is 35.5. The smallest absolute Gasteiger partial charge is 0.416 e. The first-order valence-electron chi connectivity index (χ1n) is 4.82. The molecule has 18 heavy (non-hydrogen) atoms. The van der Waals surface area contributed by atoms with Gasteiger partial charge in [0.15, 0.2) is 0 Å². The molecule has 1 aromatic rings. The van der Waals surface area contributed by atoms with E-state index in [2.05, 4.69) is 4.74 Å². The number of rotatable bonds is 3. The molecular weight excluding hydrogens is 292 g/mol. The van der Waals surface area contributed by atoms with Crippen LogP contribution in [0, 0.1) is 0 Å². The lowest BCUT2D eigenvalue weighted by Crippen LogP contribution is -2.19. The number of esters is 1. The van der Waals surface area contributed by atoms with Crippen LogP contribution in [0.2, 0.25) is 5.02 Å². The molecule has 0 heterocycles. The molecule has 0 amide bonds. The summed E-state index contributed by atoms with van der Waals surface area (Å²) < 4.78 is 42.0. The van der Waals surface area contributed by atoms with Crippen LogP contribution in [-0.4, -0.2) is 18.5 Å². The van der Waals surface area contributed by atoms with Crippen LogP contribution in [0.3, 0.4) is 0 Å². The third kappa shape index (κ3) is 4.07. The van der Waals surface area contributed by atoms with Crippen LogP contribution in [0.1, 0.15) is 11.1 Å². The Hall–Kier alpha value is -0.940. The molecule has 0 bridgehead atoms. The molecule has 0 aliphatic rings. The van der Waals surface area contributed by atoms with Crippen LogP contribution in [0.4, 0.5) is 13.2 Å². The van der Waals surface area contributed by atoms with Crippen molar-refractivity contribution in [3.63, 3.8) is 0 Å². The zero-order chi connectivity index (χ0) is 13.9. The fourth-order valence-corrected chi connectivity index (χ4v) is 1.88. The van der Waals surface area contributed by atoms with Crippen LogP contribution in [0.15, 0.2) is 18.2 Å². The van der Waals surface area contributed by atoms with Crippen LogP contribution < -0.4 is 0 Å². The molecule has 0 spiro atoms. The highest BCUT2D eigenvalue weighted by molar-refractivity contribution is 6.31. The summed E-state index contributed by atoms with van der Waals surface area (Å²) in [5.41, 5.74) is -0.654. The molecule has 1 aromatic carbocycles. The number of halogens is 5. The number of ether oxygens (including phenoxy) is 1. The van der Waals surface area contributed by atoms with E-state index in [1.807, 2.05) is 0 Å². The van der Waals surface area contributed by atoms with Crippen molar-refractivity contribution in [3.8, 4) is 0 Å². The zero-order valence-electron chi connectivity index (χ0n) is 9.22. The van der Waals surface area contributed by atoms with Crippen LogP contribution in [0.5, 0.6) is 0 Å². The Bertz CT molecular complexity index is 446. The molecule has 0 saturated heterocycles. The molecular formula is C11H9Cl2F3O2. The van der Waals surface area contributed by atoms with Crippen molar-refractivity contribution in [3.05, 3.63) is 34.3 Å². The minimum Gasteiger partial charge on any atom is -0.468 e. The number of alkyl halides is 4. The summed E-state index contributed by atoms with van der Waals surface area (Å²) in [5.74, 6) is -0.704. The van der Waals surface area contributed by atoms with Gasteiger partial charge in [-0.1, -0.05) is 11.6 Å². The number of hydrogen-bond acceptors (Lipinski definition) is 2. The fourth-order valence-electron chi connectivity index (χ4n) is 1.35. The zero-order valence-corrected chi connectivity index (χ0v) is 10.7. The molecule has 0 aliphatic heterocycles. The monoisotopic (exact) mass is 300 g/mol. The lowest BCUT2D eigenvalue weighted by Gasteiger charge is -2.11. The van der Waals surface area contributed by atoms with Gasteiger partial charge in [0, 0.05) is 5.02 Å².